The maximum Gasteiger partial charge on any atom is 0.0304 e. The summed E-state index contributed by atoms with van der Waals surface area (Å²) in [5.41, 5.74) is 0.403. The second-order valence-electron chi connectivity index (χ2n) is 5.26. The maximum atomic E-state index is 3.75. The number of nitrogens with one attached hydrogen (secondary N) is 1. The summed E-state index contributed by atoms with van der Waals surface area (Å²) in [4.78, 5) is 2.76. The fourth-order valence-electron chi connectivity index (χ4n) is 3.04. The fourth-order valence-corrected chi connectivity index (χ4v) is 4.22. The molecule has 0 aliphatic carbocycles. The molecule has 2 fully saturated rings. The van der Waals surface area contributed by atoms with Crippen LogP contribution < -0.4 is 5.32 Å². The second-order valence-corrected chi connectivity index (χ2v) is 6.41. The molecule has 2 saturated heterocycles. The van der Waals surface area contributed by atoms with Crippen molar-refractivity contribution in [2.24, 2.45) is 0 Å². The van der Waals surface area contributed by atoms with Crippen molar-refractivity contribution in [1.29, 1.82) is 0 Å². The summed E-state index contributed by atoms with van der Waals surface area (Å²) in [7, 11) is 0. The van der Waals surface area contributed by atoms with E-state index in [1.165, 1.54) is 56.8 Å². The van der Waals surface area contributed by atoms with Crippen LogP contribution in [0.15, 0.2) is 0 Å². The van der Waals surface area contributed by atoms with Gasteiger partial charge in [-0.05, 0) is 31.4 Å². The molecular weight excluding hydrogens is 216 g/mol. The van der Waals surface area contributed by atoms with Crippen LogP contribution in [0.3, 0.4) is 0 Å². The van der Waals surface area contributed by atoms with E-state index in [2.05, 4.69) is 35.8 Å². The summed E-state index contributed by atoms with van der Waals surface area (Å²) in [5.74, 6) is 2.75. The SMILES string of the molecule is CCC1(CC)CN(C2CCCSC2)CCN1. The van der Waals surface area contributed by atoms with Crippen LogP contribution in [-0.2, 0) is 0 Å². The average Bonchev–Trinajstić information content (AvgIpc) is 2.40. The molecule has 1 atom stereocenters. The summed E-state index contributed by atoms with van der Waals surface area (Å²) in [5, 5.41) is 3.75. The Morgan fingerprint density at radius 1 is 1.38 bits per heavy atom. The largest absolute Gasteiger partial charge is 0.309 e. The van der Waals surface area contributed by atoms with Crippen LogP contribution >= 0.6 is 11.8 Å². The molecule has 0 amide bonds. The lowest BCUT2D eigenvalue weighted by molar-refractivity contribution is 0.0891. The Bertz CT molecular complexity index is 210. The zero-order valence-corrected chi connectivity index (χ0v) is 11.6. The third kappa shape index (κ3) is 2.74. The number of hydrogen-bond donors (Lipinski definition) is 1. The van der Waals surface area contributed by atoms with Crippen molar-refractivity contribution in [2.45, 2.75) is 51.1 Å². The number of thioether (sulfide) groups is 1. The molecule has 2 aliphatic rings. The van der Waals surface area contributed by atoms with Crippen molar-refractivity contribution >= 4 is 11.8 Å². The van der Waals surface area contributed by atoms with Crippen molar-refractivity contribution in [1.82, 2.24) is 10.2 Å². The molecule has 0 aromatic heterocycles. The molecule has 2 rings (SSSR count). The molecule has 3 heteroatoms. The van der Waals surface area contributed by atoms with Crippen molar-refractivity contribution in [3.8, 4) is 0 Å². The molecule has 0 bridgehead atoms. The molecule has 2 nitrogen and oxygen atoms in total. The number of piperazine rings is 1. The highest BCUT2D eigenvalue weighted by Crippen LogP contribution is 2.26. The standard InChI is InChI=1S/C13H26N2S/c1-3-13(4-2)11-15(8-7-14-13)12-6-5-9-16-10-12/h12,14H,3-11H2,1-2H3. The van der Waals surface area contributed by atoms with Gasteiger partial charge in [0.1, 0.15) is 0 Å². The number of rotatable bonds is 3. The Morgan fingerprint density at radius 3 is 2.81 bits per heavy atom. The number of nitrogens with zero attached hydrogens (tertiary/aromatic N) is 1. The van der Waals surface area contributed by atoms with E-state index in [0.717, 1.165) is 6.04 Å². The summed E-state index contributed by atoms with van der Waals surface area (Å²) < 4.78 is 0. The van der Waals surface area contributed by atoms with Crippen LogP contribution in [0, 0.1) is 0 Å². The highest BCUT2D eigenvalue weighted by molar-refractivity contribution is 7.99. The zero-order valence-electron chi connectivity index (χ0n) is 10.8. The minimum absolute atomic E-state index is 0.403. The van der Waals surface area contributed by atoms with Crippen LogP contribution in [0.1, 0.15) is 39.5 Å². The Morgan fingerprint density at radius 2 is 2.19 bits per heavy atom. The van der Waals surface area contributed by atoms with Gasteiger partial charge in [-0.2, -0.15) is 11.8 Å². The summed E-state index contributed by atoms with van der Waals surface area (Å²) in [6.45, 7) is 8.37. The van der Waals surface area contributed by atoms with Gasteiger partial charge in [-0.3, -0.25) is 4.90 Å². The van der Waals surface area contributed by atoms with Gasteiger partial charge in [0.05, 0.1) is 0 Å². The molecular formula is C13H26N2S. The quantitative estimate of drug-likeness (QED) is 0.818. The molecule has 94 valence electrons. The van der Waals surface area contributed by atoms with E-state index in [-0.39, 0.29) is 0 Å². The molecule has 16 heavy (non-hydrogen) atoms. The maximum absolute atomic E-state index is 3.75. The van der Waals surface area contributed by atoms with Crippen LogP contribution in [0.5, 0.6) is 0 Å². The lowest BCUT2D eigenvalue weighted by atomic mass is 9.89. The van der Waals surface area contributed by atoms with E-state index in [4.69, 9.17) is 0 Å². The van der Waals surface area contributed by atoms with Crippen LogP contribution in [0.4, 0.5) is 0 Å². The van der Waals surface area contributed by atoms with E-state index < -0.39 is 0 Å². The van der Waals surface area contributed by atoms with E-state index in [1.807, 2.05) is 0 Å². The number of hydrogen-bond acceptors (Lipinski definition) is 3. The van der Waals surface area contributed by atoms with Crippen LogP contribution in [-0.4, -0.2) is 47.6 Å². The summed E-state index contributed by atoms with van der Waals surface area (Å²) >= 11 is 2.15. The first kappa shape index (κ1) is 12.7. The topological polar surface area (TPSA) is 15.3 Å². The Balaban J connectivity index is 1.94. The molecule has 0 saturated carbocycles. The lowest BCUT2D eigenvalue weighted by Crippen LogP contribution is -2.62. The van der Waals surface area contributed by atoms with E-state index >= 15 is 0 Å². The van der Waals surface area contributed by atoms with Gasteiger partial charge < -0.3 is 5.32 Å². The van der Waals surface area contributed by atoms with Gasteiger partial charge in [-0.1, -0.05) is 13.8 Å². The van der Waals surface area contributed by atoms with Crippen molar-refractivity contribution in [3.63, 3.8) is 0 Å². The Hall–Kier alpha value is 0.270. The second kappa shape index (κ2) is 5.74. The van der Waals surface area contributed by atoms with Gasteiger partial charge in [0, 0.05) is 37.0 Å². The van der Waals surface area contributed by atoms with Crippen molar-refractivity contribution in [3.05, 3.63) is 0 Å². The predicted octanol–water partition coefficient (Wildman–Crippen LogP) is 2.35. The highest BCUT2D eigenvalue weighted by Gasteiger charge is 2.34. The predicted molar refractivity (Wildman–Crippen MR) is 73.2 cm³/mol. The molecule has 2 aliphatic heterocycles. The fraction of sp³-hybridized carbons (Fsp3) is 1.00. The van der Waals surface area contributed by atoms with Gasteiger partial charge in [-0.15, -0.1) is 0 Å². The molecule has 1 N–H and O–H groups in total. The summed E-state index contributed by atoms with van der Waals surface area (Å²) in [6.07, 6.45) is 5.38. The minimum Gasteiger partial charge on any atom is -0.309 e. The Kier molecular flexibility index (Phi) is 4.57. The first-order valence-corrected chi connectivity index (χ1v) is 8.02. The Labute approximate surface area is 105 Å². The normalized spacial score (nSPS) is 31.5. The highest BCUT2D eigenvalue weighted by atomic mass is 32.2. The smallest absolute Gasteiger partial charge is 0.0304 e. The molecule has 0 aromatic carbocycles. The zero-order chi connectivity index (χ0) is 11.4. The van der Waals surface area contributed by atoms with Gasteiger partial charge in [0.2, 0.25) is 0 Å². The first-order chi connectivity index (χ1) is 7.79. The van der Waals surface area contributed by atoms with Crippen molar-refractivity contribution < 1.29 is 0 Å². The van der Waals surface area contributed by atoms with Gasteiger partial charge in [-0.25, -0.2) is 0 Å². The van der Waals surface area contributed by atoms with E-state index in [9.17, 15) is 0 Å². The van der Waals surface area contributed by atoms with Crippen LogP contribution in [0.25, 0.3) is 0 Å². The third-order valence-corrected chi connectivity index (χ3v) is 5.61. The van der Waals surface area contributed by atoms with E-state index in [0.29, 0.717) is 5.54 Å². The molecule has 0 radical (unpaired) electrons. The summed E-state index contributed by atoms with van der Waals surface area (Å²) in [6, 6.07) is 0.860. The van der Waals surface area contributed by atoms with Gasteiger partial charge in [0.15, 0.2) is 0 Å². The molecule has 0 spiro atoms. The van der Waals surface area contributed by atoms with E-state index in [1.54, 1.807) is 0 Å². The monoisotopic (exact) mass is 242 g/mol. The van der Waals surface area contributed by atoms with Gasteiger partial charge >= 0.3 is 0 Å². The minimum atomic E-state index is 0.403. The van der Waals surface area contributed by atoms with Crippen molar-refractivity contribution in [2.75, 3.05) is 31.1 Å². The third-order valence-electron chi connectivity index (χ3n) is 4.41. The lowest BCUT2D eigenvalue weighted by Gasteiger charge is -2.46. The molecule has 0 aromatic rings. The first-order valence-electron chi connectivity index (χ1n) is 6.86. The van der Waals surface area contributed by atoms with Crippen LogP contribution in [0.2, 0.25) is 0 Å². The average molecular weight is 242 g/mol. The molecule has 1 unspecified atom stereocenters. The molecule has 2 heterocycles. The van der Waals surface area contributed by atoms with Gasteiger partial charge in [0.25, 0.3) is 0 Å².